The number of ether oxygens (including phenoxy) is 1. The van der Waals surface area contributed by atoms with Crippen molar-refractivity contribution in [3.8, 4) is 5.75 Å². The molecule has 18 heavy (non-hydrogen) atoms. The first-order valence-corrected chi connectivity index (χ1v) is 7.52. The molecule has 0 saturated carbocycles. The number of hydrogen-bond acceptors (Lipinski definition) is 2. The molecule has 0 aliphatic rings. The molecule has 0 bridgehead atoms. The highest BCUT2D eigenvalue weighted by Gasteiger charge is 2.10. The summed E-state index contributed by atoms with van der Waals surface area (Å²) in [5.41, 5.74) is 1.87. The van der Waals surface area contributed by atoms with Crippen molar-refractivity contribution in [3.05, 3.63) is 32.2 Å². The van der Waals surface area contributed by atoms with Gasteiger partial charge in [-0.1, -0.05) is 22.9 Å². The molecule has 100 valence electrons. The van der Waals surface area contributed by atoms with Gasteiger partial charge in [0.05, 0.1) is 17.2 Å². The third-order valence-electron chi connectivity index (χ3n) is 2.53. The van der Waals surface area contributed by atoms with Crippen molar-refractivity contribution in [2.24, 2.45) is 0 Å². The Kier molecular flexibility index (Phi) is 6.39. The second-order valence-electron chi connectivity index (χ2n) is 4.22. The predicted molar refractivity (Wildman–Crippen MR) is 83.0 cm³/mol. The lowest BCUT2D eigenvalue weighted by Gasteiger charge is -2.13. The third kappa shape index (κ3) is 4.41. The van der Waals surface area contributed by atoms with Crippen LogP contribution in [-0.2, 0) is 0 Å². The Bertz CT molecular complexity index is 440. The molecule has 0 fully saturated rings. The molecule has 0 amide bonds. The molecular weight excluding hydrogens is 360 g/mol. The summed E-state index contributed by atoms with van der Waals surface area (Å²) < 4.78 is 7.65. The minimum atomic E-state index is -0.457. The zero-order valence-corrected chi connectivity index (χ0v) is 14.0. The SMILES string of the molecule is CCCOc1c(Br)cc(Br)cc1/C=C(/C)C(C)O. The van der Waals surface area contributed by atoms with Crippen LogP contribution >= 0.6 is 31.9 Å². The Labute approximate surface area is 125 Å². The number of rotatable bonds is 5. The summed E-state index contributed by atoms with van der Waals surface area (Å²) in [7, 11) is 0. The molecule has 4 heteroatoms. The minimum Gasteiger partial charge on any atom is -0.492 e. The van der Waals surface area contributed by atoms with Crippen LogP contribution in [0.4, 0.5) is 0 Å². The van der Waals surface area contributed by atoms with Gasteiger partial charge in [0.25, 0.3) is 0 Å². The summed E-state index contributed by atoms with van der Waals surface area (Å²) >= 11 is 6.97. The van der Waals surface area contributed by atoms with E-state index in [1.165, 1.54) is 0 Å². The van der Waals surface area contributed by atoms with Gasteiger partial charge in [0.15, 0.2) is 0 Å². The Morgan fingerprint density at radius 2 is 2.11 bits per heavy atom. The Balaban J connectivity index is 3.18. The molecule has 1 atom stereocenters. The van der Waals surface area contributed by atoms with Crippen LogP contribution in [0.1, 0.15) is 32.8 Å². The highest BCUT2D eigenvalue weighted by atomic mass is 79.9. The normalized spacial score (nSPS) is 13.6. The van der Waals surface area contributed by atoms with Crippen LogP contribution < -0.4 is 4.74 Å². The monoisotopic (exact) mass is 376 g/mol. The lowest BCUT2D eigenvalue weighted by Crippen LogP contribution is -2.02. The Hall–Kier alpha value is -0.320. The maximum Gasteiger partial charge on any atom is 0.140 e. The van der Waals surface area contributed by atoms with Crippen LogP contribution in [0.25, 0.3) is 6.08 Å². The molecule has 0 spiro atoms. The average Bonchev–Trinajstić information content (AvgIpc) is 2.27. The van der Waals surface area contributed by atoms with E-state index < -0.39 is 6.10 Å². The van der Waals surface area contributed by atoms with E-state index in [0.717, 1.165) is 32.3 Å². The third-order valence-corrected chi connectivity index (χ3v) is 3.58. The van der Waals surface area contributed by atoms with Crippen molar-refractivity contribution < 1.29 is 9.84 Å². The molecule has 2 nitrogen and oxygen atoms in total. The van der Waals surface area contributed by atoms with E-state index in [2.05, 4.69) is 38.8 Å². The second kappa shape index (κ2) is 7.31. The zero-order valence-electron chi connectivity index (χ0n) is 10.8. The van der Waals surface area contributed by atoms with Crippen LogP contribution in [0, 0.1) is 0 Å². The first-order valence-electron chi connectivity index (χ1n) is 5.93. The van der Waals surface area contributed by atoms with Crippen LogP contribution in [0.2, 0.25) is 0 Å². The van der Waals surface area contributed by atoms with Crippen LogP contribution in [0.15, 0.2) is 26.7 Å². The topological polar surface area (TPSA) is 29.5 Å². The number of benzene rings is 1. The highest BCUT2D eigenvalue weighted by molar-refractivity contribution is 9.11. The van der Waals surface area contributed by atoms with Gasteiger partial charge in [0, 0.05) is 10.0 Å². The fourth-order valence-electron chi connectivity index (χ4n) is 1.41. The van der Waals surface area contributed by atoms with Crippen LogP contribution in [0.5, 0.6) is 5.75 Å². The van der Waals surface area contributed by atoms with Gasteiger partial charge in [0.2, 0.25) is 0 Å². The number of aliphatic hydroxyl groups is 1. The van der Waals surface area contributed by atoms with E-state index in [1.807, 2.05) is 25.1 Å². The molecule has 0 aliphatic heterocycles. The van der Waals surface area contributed by atoms with Crippen LogP contribution in [0.3, 0.4) is 0 Å². The van der Waals surface area contributed by atoms with Gasteiger partial charge >= 0.3 is 0 Å². The molecular formula is C14H18Br2O2. The van der Waals surface area contributed by atoms with Crippen LogP contribution in [-0.4, -0.2) is 17.8 Å². The van der Waals surface area contributed by atoms with Crippen molar-refractivity contribution in [2.45, 2.75) is 33.3 Å². The summed E-state index contributed by atoms with van der Waals surface area (Å²) in [6.45, 7) is 6.41. The van der Waals surface area contributed by atoms with E-state index in [-0.39, 0.29) is 0 Å². The smallest absolute Gasteiger partial charge is 0.140 e. The quantitative estimate of drug-likeness (QED) is 0.799. The van der Waals surface area contributed by atoms with Gasteiger partial charge in [-0.3, -0.25) is 0 Å². The molecule has 0 aliphatic carbocycles. The summed E-state index contributed by atoms with van der Waals surface area (Å²) in [6, 6.07) is 3.95. The second-order valence-corrected chi connectivity index (χ2v) is 5.99. The van der Waals surface area contributed by atoms with Gasteiger partial charge in [-0.15, -0.1) is 0 Å². The number of aliphatic hydroxyl groups excluding tert-OH is 1. The standard InChI is InChI=1S/C14H18Br2O2/c1-4-5-18-14-11(6-9(2)10(3)17)7-12(15)8-13(14)16/h6-8,10,17H,4-5H2,1-3H3/b9-6-. The van der Waals surface area contributed by atoms with Gasteiger partial charge < -0.3 is 9.84 Å². The van der Waals surface area contributed by atoms with Crippen molar-refractivity contribution in [3.63, 3.8) is 0 Å². The highest BCUT2D eigenvalue weighted by Crippen LogP contribution is 2.34. The summed E-state index contributed by atoms with van der Waals surface area (Å²) in [5.74, 6) is 0.819. The van der Waals surface area contributed by atoms with Gasteiger partial charge in [-0.05, 0) is 60.0 Å². The fraction of sp³-hybridized carbons (Fsp3) is 0.429. The van der Waals surface area contributed by atoms with Crippen molar-refractivity contribution in [1.82, 2.24) is 0 Å². The molecule has 0 heterocycles. The summed E-state index contributed by atoms with van der Waals surface area (Å²) in [5, 5.41) is 9.56. The Morgan fingerprint density at radius 1 is 1.44 bits per heavy atom. The predicted octanol–water partition coefficient (Wildman–Crippen LogP) is 4.78. The van der Waals surface area contributed by atoms with E-state index in [4.69, 9.17) is 4.74 Å². The first kappa shape index (κ1) is 15.7. The molecule has 0 radical (unpaired) electrons. The summed E-state index contributed by atoms with van der Waals surface area (Å²) in [6.07, 6.45) is 2.45. The molecule has 0 aromatic heterocycles. The van der Waals surface area contributed by atoms with Crippen molar-refractivity contribution in [2.75, 3.05) is 6.61 Å². The van der Waals surface area contributed by atoms with E-state index >= 15 is 0 Å². The zero-order chi connectivity index (χ0) is 13.7. The molecule has 0 saturated heterocycles. The van der Waals surface area contributed by atoms with E-state index in [9.17, 15) is 5.11 Å². The van der Waals surface area contributed by atoms with E-state index in [1.54, 1.807) is 6.92 Å². The number of halogens is 2. The summed E-state index contributed by atoms with van der Waals surface area (Å²) in [4.78, 5) is 0. The van der Waals surface area contributed by atoms with E-state index in [0.29, 0.717) is 6.61 Å². The minimum absolute atomic E-state index is 0.457. The molecule has 1 aromatic carbocycles. The van der Waals surface area contributed by atoms with Gasteiger partial charge in [-0.25, -0.2) is 0 Å². The molecule has 1 rings (SSSR count). The molecule has 1 N–H and O–H groups in total. The first-order chi connectivity index (χ1) is 8.45. The molecule has 1 unspecified atom stereocenters. The Morgan fingerprint density at radius 3 is 2.67 bits per heavy atom. The lowest BCUT2D eigenvalue weighted by atomic mass is 10.1. The van der Waals surface area contributed by atoms with Gasteiger partial charge in [-0.2, -0.15) is 0 Å². The maximum absolute atomic E-state index is 9.56. The molecule has 1 aromatic rings. The maximum atomic E-state index is 9.56. The lowest BCUT2D eigenvalue weighted by molar-refractivity contribution is 0.232. The largest absolute Gasteiger partial charge is 0.492 e. The average molecular weight is 378 g/mol. The van der Waals surface area contributed by atoms with Crippen molar-refractivity contribution in [1.29, 1.82) is 0 Å². The van der Waals surface area contributed by atoms with Crippen molar-refractivity contribution >= 4 is 37.9 Å². The fourth-order valence-corrected chi connectivity index (χ4v) is 2.78. The number of hydrogen-bond donors (Lipinski definition) is 1. The van der Waals surface area contributed by atoms with Gasteiger partial charge in [0.1, 0.15) is 5.75 Å².